The van der Waals surface area contributed by atoms with Gasteiger partial charge in [0, 0.05) is 30.8 Å². The van der Waals surface area contributed by atoms with Crippen molar-refractivity contribution in [3.63, 3.8) is 0 Å². The summed E-state index contributed by atoms with van der Waals surface area (Å²) >= 11 is 5.71. The molecule has 0 aromatic heterocycles. The highest BCUT2D eigenvalue weighted by Gasteiger charge is 2.35. The van der Waals surface area contributed by atoms with Crippen LogP contribution in [0.2, 0.25) is 5.02 Å². The molecular formula is C13H16ClFN2O2. The van der Waals surface area contributed by atoms with E-state index in [1.165, 1.54) is 6.07 Å². The minimum absolute atomic E-state index is 0.0483. The Balaban J connectivity index is 2.14. The number of methoxy groups -OCH3 is 1. The molecule has 4 nitrogen and oxygen atoms in total. The zero-order valence-corrected chi connectivity index (χ0v) is 11.4. The average Bonchev–Trinajstić information content (AvgIpc) is 2.76. The van der Waals surface area contributed by atoms with Crippen LogP contribution >= 0.6 is 11.6 Å². The predicted octanol–water partition coefficient (Wildman–Crippen LogP) is 1.55. The predicted molar refractivity (Wildman–Crippen MR) is 70.2 cm³/mol. The van der Waals surface area contributed by atoms with Gasteiger partial charge in [-0.25, -0.2) is 4.39 Å². The molecule has 2 N–H and O–H groups in total. The van der Waals surface area contributed by atoms with Crippen molar-refractivity contribution in [2.75, 3.05) is 13.7 Å². The molecule has 0 aliphatic carbocycles. The number of carbonyl (C=O) groups is 1. The number of hydrogen-bond donors (Lipinski definition) is 1. The zero-order valence-electron chi connectivity index (χ0n) is 10.6. The maximum atomic E-state index is 13.8. The summed E-state index contributed by atoms with van der Waals surface area (Å²) < 4.78 is 19.0. The van der Waals surface area contributed by atoms with Crippen LogP contribution in [0.1, 0.15) is 12.0 Å². The molecule has 1 heterocycles. The van der Waals surface area contributed by atoms with Crippen molar-refractivity contribution >= 4 is 17.5 Å². The molecule has 1 aromatic carbocycles. The van der Waals surface area contributed by atoms with Crippen LogP contribution in [0.5, 0.6) is 0 Å². The third-order valence-corrected chi connectivity index (χ3v) is 3.65. The van der Waals surface area contributed by atoms with Gasteiger partial charge < -0.3 is 10.5 Å². The Morgan fingerprint density at radius 1 is 1.63 bits per heavy atom. The van der Waals surface area contributed by atoms with E-state index in [1.54, 1.807) is 19.2 Å². The summed E-state index contributed by atoms with van der Waals surface area (Å²) in [6, 6.07) is 4.10. The summed E-state index contributed by atoms with van der Waals surface area (Å²) in [6.07, 6.45) is 0.494. The molecule has 2 rings (SSSR count). The quantitative estimate of drug-likeness (QED) is 0.914. The summed E-state index contributed by atoms with van der Waals surface area (Å²) in [6.45, 7) is 0.878. The van der Waals surface area contributed by atoms with Crippen molar-refractivity contribution in [1.29, 1.82) is 0 Å². The third kappa shape index (κ3) is 3.23. The molecule has 6 heteroatoms. The smallest absolute Gasteiger partial charge is 0.234 e. The molecular weight excluding hydrogens is 271 g/mol. The number of hydrogen-bond acceptors (Lipinski definition) is 3. The lowest BCUT2D eigenvalue weighted by atomic mass is 10.1. The van der Waals surface area contributed by atoms with Gasteiger partial charge in [-0.1, -0.05) is 17.7 Å². The topological polar surface area (TPSA) is 55.6 Å². The minimum atomic E-state index is -0.417. The molecule has 1 fully saturated rings. The van der Waals surface area contributed by atoms with Gasteiger partial charge in [0.25, 0.3) is 0 Å². The van der Waals surface area contributed by atoms with Crippen molar-refractivity contribution < 1.29 is 13.9 Å². The Kier molecular flexibility index (Phi) is 4.39. The molecule has 0 spiro atoms. The molecule has 19 heavy (non-hydrogen) atoms. The van der Waals surface area contributed by atoms with Crippen molar-refractivity contribution in [3.8, 4) is 0 Å². The molecule has 1 amide bonds. The fraction of sp³-hybridized carbons (Fsp3) is 0.462. The average molecular weight is 287 g/mol. The van der Waals surface area contributed by atoms with E-state index in [4.69, 9.17) is 22.1 Å². The summed E-state index contributed by atoms with van der Waals surface area (Å²) in [7, 11) is 1.59. The van der Waals surface area contributed by atoms with Crippen LogP contribution < -0.4 is 5.73 Å². The van der Waals surface area contributed by atoms with Crippen LogP contribution in [0.4, 0.5) is 4.39 Å². The second kappa shape index (κ2) is 5.86. The first kappa shape index (κ1) is 14.2. The second-order valence-electron chi connectivity index (χ2n) is 4.68. The summed E-state index contributed by atoms with van der Waals surface area (Å²) in [4.78, 5) is 13.2. The number of benzene rings is 1. The van der Waals surface area contributed by atoms with E-state index in [0.29, 0.717) is 30.1 Å². The fourth-order valence-electron chi connectivity index (χ4n) is 2.37. The van der Waals surface area contributed by atoms with Gasteiger partial charge in [-0.05, 0) is 18.6 Å². The van der Waals surface area contributed by atoms with Crippen LogP contribution in [-0.2, 0) is 16.1 Å². The molecule has 0 unspecified atom stereocenters. The van der Waals surface area contributed by atoms with Crippen molar-refractivity contribution in [2.24, 2.45) is 5.73 Å². The molecule has 0 bridgehead atoms. The lowest BCUT2D eigenvalue weighted by molar-refractivity contribution is -0.122. The number of carbonyl (C=O) groups excluding carboxylic acids is 1. The summed E-state index contributed by atoms with van der Waals surface area (Å²) in [5.41, 5.74) is 5.86. The molecule has 1 saturated heterocycles. The number of rotatable bonds is 4. The van der Waals surface area contributed by atoms with Crippen molar-refractivity contribution in [3.05, 3.63) is 34.6 Å². The fourth-order valence-corrected chi connectivity index (χ4v) is 2.53. The Morgan fingerprint density at radius 3 is 2.95 bits per heavy atom. The van der Waals surface area contributed by atoms with Crippen LogP contribution in [0.15, 0.2) is 18.2 Å². The largest absolute Gasteiger partial charge is 0.380 e. The number of nitrogens with two attached hydrogens (primary N) is 1. The number of amides is 1. The second-order valence-corrected chi connectivity index (χ2v) is 5.11. The van der Waals surface area contributed by atoms with E-state index in [2.05, 4.69) is 0 Å². The standard InChI is InChI=1S/C13H16ClFN2O2/c1-19-10-5-12(13(16)18)17(7-10)6-8-2-3-9(14)4-11(8)15/h2-4,10,12H,5-7H2,1H3,(H2,16,18)/t10-,12-/m0/s1. The Hall–Kier alpha value is -1.17. The van der Waals surface area contributed by atoms with Crippen LogP contribution in [0, 0.1) is 5.82 Å². The van der Waals surface area contributed by atoms with E-state index < -0.39 is 11.9 Å². The number of ether oxygens (including phenoxy) is 1. The molecule has 1 aliphatic heterocycles. The van der Waals surface area contributed by atoms with Gasteiger partial charge in [0.1, 0.15) is 5.82 Å². The maximum Gasteiger partial charge on any atom is 0.234 e. The van der Waals surface area contributed by atoms with Gasteiger partial charge >= 0.3 is 0 Å². The van der Waals surface area contributed by atoms with E-state index in [-0.39, 0.29) is 11.9 Å². The van der Waals surface area contributed by atoms with E-state index >= 15 is 0 Å². The molecule has 1 aliphatic rings. The Bertz CT molecular complexity index is 484. The SMILES string of the molecule is CO[C@H]1C[C@@H](C(N)=O)N(Cc2ccc(Cl)cc2F)C1. The number of halogens is 2. The first-order valence-electron chi connectivity index (χ1n) is 6.01. The van der Waals surface area contributed by atoms with Crippen LogP contribution in [0.25, 0.3) is 0 Å². The van der Waals surface area contributed by atoms with E-state index in [9.17, 15) is 9.18 Å². The van der Waals surface area contributed by atoms with Gasteiger partial charge in [0.05, 0.1) is 12.1 Å². The van der Waals surface area contributed by atoms with Gasteiger partial charge in [-0.2, -0.15) is 0 Å². The van der Waals surface area contributed by atoms with Gasteiger partial charge in [-0.3, -0.25) is 9.69 Å². The van der Waals surface area contributed by atoms with Gasteiger partial charge in [0.2, 0.25) is 5.91 Å². The highest BCUT2D eigenvalue weighted by Crippen LogP contribution is 2.24. The number of nitrogens with zero attached hydrogens (tertiary/aromatic N) is 1. The van der Waals surface area contributed by atoms with Crippen molar-refractivity contribution in [1.82, 2.24) is 4.90 Å². The maximum absolute atomic E-state index is 13.8. The normalized spacial score (nSPS) is 23.7. The summed E-state index contributed by atoms with van der Waals surface area (Å²) in [5.74, 6) is -0.787. The molecule has 0 radical (unpaired) electrons. The molecule has 2 atom stereocenters. The van der Waals surface area contributed by atoms with Gasteiger partial charge in [-0.15, -0.1) is 0 Å². The minimum Gasteiger partial charge on any atom is -0.380 e. The first-order chi connectivity index (χ1) is 9.01. The molecule has 1 aromatic rings. The zero-order chi connectivity index (χ0) is 14.0. The van der Waals surface area contributed by atoms with E-state index in [0.717, 1.165) is 0 Å². The Morgan fingerprint density at radius 2 is 2.37 bits per heavy atom. The molecule has 0 saturated carbocycles. The van der Waals surface area contributed by atoms with Gasteiger partial charge in [0.15, 0.2) is 0 Å². The molecule has 104 valence electrons. The number of primary amides is 1. The van der Waals surface area contributed by atoms with E-state index in [1.807, 2.05) is 4.90 Å². The highest BCUT2D eigenvalue weighted by molar-refractivity contribution is 6.30. The van der Waals surface area contributed by atoms with Crippen LogP contribution in [0.3, 0.4) is 0 Å². The number of likely N-dealkylation sites (tertiary alicyclic amines) is 1. The van der Waals surface area contributed by atoms with Crippen molar-refractivity contribution in [2.45, 2.75) is 25.1 Å². The first-order valence-corrected chi connectivity index (χ1v) is 6.39. The summed E-state index contributed by atoms with van der Waals surface area (Å²) in [5, 5.41) is 0.351. The third-order valence-electron chi connectivity index (χ3n) is 3.42. The van der Waals surface area contributed by atoms with Crippen LogP contribution in [-0.4, -0.2) is 36.6 Å². The highest BCUT2D eigenvalue weighted by atomic mass is 35.5. The Labute approximate surface area is 116 Å². The monoisotopic (exact) mass is 286 g/mol. The lowest BCUT2D eigenvalue weighted by Crippen LogP contribution is -2.39. The lowest BCUT2D eigenvalue weighted by Gasteiger charge is -2.21.